The van der Waals surface area contributed by atoms with E-state index in [0.717, 1.165) is 6.54 Å². The predicted octanol–water partition coefficient (Wildman–Crippen LogP) is 4.51. The van der Waals surface area contributed by atoms with Gasteiger partial charge in [-0.1, -0.05) is 56.3 Å². The lowest BCUT2D eigenvalue weighted by Gasteiger charge is -2.30. The SMILES string of the molecule is C=CCN1c2c(ccc3ccccc23)C(C)(C)C1C. The molecule has 0 fully saturated rings. The molecule has 1 unspecified atom stereocenters. The minimum Gasteiger partial charge on any atom is -0.363 e. The van der Waals surface area contributed by atoms with Gasteiger partial charge in [0.2, 0.25) is 0 Å². The summed E-state index contributed by atoms with van der Waals surface area (Å²) in [4.78, 5) is 2.49. The molecule has 1 heterocycles. The van der Waals surface area contributed by atoms with E-state index in [4.69, 9.17) is 0 Å². The number of fused-ring (bicyclic) bond motifs is 3. The lowest BCUT2D eigenvalue weighted by atomic mass is 9.81. The van der Waals surface area contributed by atoms with Crippen molar-refractivity contribution in [3.8, 4) is 0 Å². The Morgan fingerprint density at radius 1 is 1.21 bits per heavy atom. The number of hydrogen-bond acceptors (Lipinski definition) is 1. The van der Waals surface area contributed by atoms with Crippen molar-refractivity contribution in [2.24, 2.45) is 0 Å². The summed E-state index contributed by atoms with van der Waals surface area (Å²) in [5, 5.41) is 2.68. The third-order valence-corrected chi connectivity index (χ3v) is 4.72. The first-order valence-electron chi connectivity index (χ1n) is 6.97. The van der Waals surface area contributed by atoms with Crippen molar-refractivity contribution < 1.29 is 0 Å². The maximum absolute atomic E-state index is 3.92. The molecule has 0 saturated heterocycles. The van der Waals surface area contributed by atoms with E-state index in [9.17, 15) is 0 Å². The van der Waals surface area contributed by atoms with Crippen LogP contribution >= 0.6 is 0 Å². The topological polar surface area (TPSA) is 3.24 Å². The van der Waals surface area contributed by atoms with Gasteiger partial charge >= 0.3 is 0 Å². The molecule has 98 valence electrons. The smallest absolute Gasteiger partial charge is 0.0490 e. The second kappa shape index (κ2) is 4.12. The quantitative estimate of drug-likeness (QED) is 0.710. The predicted molar refractivity (Wildman–Crippen MR) is 84.0 cm³/mol. The van der Waals surface area contributed by atoms with Crippen LogP contribution in [0.15, 0.2) is 49.1 Å². The summed E-state index contributed by atoms with van der Waals surface area (Å²) in [6.07, 6.45) is 2.00. The summed E-state index contributed by atoms with van der Waals surface area (Å²) in [6.45, 7) is 11.8. The molecule has 0 amide bonds. The average molecular weight is 251 g/mol. The summed E-state index contributed by atoms with van der Waals surface area (Å²) < 4.78 is 0. The van der Waals surface area contributed by atoms with E-state index in [1.165, 1.54) is 22.0 Å². The summed E-state index contributed by atoms with van der Waals surface area (Å²) >= 11 is 0. The molecule has 0 bridgehead atoms. The van der Waals surface area contributed by atoms with Gasteiger partial charge in [-0.25, -0.2) is 0 Å². The molecule has 0 radical (unpaired) electrons. The van der Waals surface area contributed by atoms with Crippen LogP contribution < -0.4 is 4.90 Å². The molecule has 0 spiro atoms. The van der Waals surface area contributed by atoms with Crippen LogP contribution in [0.4, 0.5) is 5.69 Å². The Morgan fingerprint density at radius 2 is 1.95 bits per heavy atom. The zero-order chi connectivity index (χ0) is 13.6. The Balaban J connectivity index is 2.33. The van der Waals surface area contributed by atoms with E-state index in [0.29, 0.717) is 6.04 Å². The standard InChI is InChI=1S/C18H21N/c1-5-12-19-13(2)18(3,4)16-11-10-14-8-6-7-9-15(14)17(16)19/h5-11,13H,1,12H2,2-4H3. The molecule has 1 aliphatic heterocycles. The summed E-state index contributed by atoms with van der Waals surface area (Å²) in [6, 6.07) is 13.7. The summed E-state index contributed by atoms with van der Waals surface area (Å²) in [5.41, 5.74) is 3.04. The Labute approximate surface area is 115 Å². The largest absolute Gasteiger partial charge is 0.363 e. The fraction of sp³-hybridized carbons (Fsp3) is 0.333. The fourth-order valence-corrected chi connectivity index (χ4v) is 3.28. The molecule has 1 atom stereocenters. The van der Waals surface area contributed by atoms with Crippen LogP contribution in [0.3, 0.4) is 0 Å². The zero-order valence-electron chi connectivity index (χ0n) is 12.0. The molecule has 2 aromatic rings. The van der Waals surface area contributed by atoms with Crippen molar-refractivity contribution >= 4 is 16.5 Å². The first-order chi connectivity index (χ1) is 9.07. The van der Waals surface area contributed by atoms with Gasteiger partial charge in [-0.05, 0) is 17.9 Å². The number of rotatable bonds is 2. The van der Waals surface area contributed by atoms with Gasteiger partial charge in [0.25, 0.3) is 0 Å². The number of hydrogen-bond donors (Lipinski definition) is 0. The van der Waals surface area contributed by atoms with Gasteiger partial charge in [-0.2, -0.15) is 0 Å². The highest BCUT2D eigenvalue weighted by Gasteiger charge is 2.41. The van der Waals surface area contributed by atoms with Crippen molar-refractivity contribution in [2.45, 2.75) is 32.2 Å². The minimum atomic E-state index is 0.183. The van der Waals surface area contributed by atoms with Crippen molar-refractivity contribution in [3.05, 3.63) is 54.6 Å². The van der Waals surface area contributed by atoms with E-state index >= 15 is 0 Å². The third-order valence-electron chi connectivity index (χ3n) is 4.72. The molecule has 0 saturated carbocycles. The highest BCUT2D eigenvalue weighted by molar-refractivity contribution is 5.98. The first kappa shape index (κ1) is 12.3. The van der Waals surface area contributed by atoms with Gasteiger partial charge in [0.15, 0.2) is 0 Å². The average Bonchev–Trinajstić information content (AvgIpc) is 2.61. The lowest BCUT2D eigenvalue weighted by molar-refractivity contribution is 0.448. The molecule has 1 nitrogen and oxygen atoms in total. The van der Waals surface area contributed by atoms with Crippen LogP contribution in [0.2, 0.25) is 0 Å². The van der Waals surface area contributed by atoms with Gasteiger partial charge < -0.3 is 4.90 Å². The molecule has 3 rings (SSSR count). The zero-order valence-corrected chi connectivity index (χ0v) is 12.0. The van der Waals surface area contributed by atoms with Crippen LogP contribution in [-0.2, 0) is 5.41 Å². The van der Waals surface area contributed by atoms with Crippen LogP contribution in [0.5, 0.6) is 0 Å². The van der Waals surface area contributed by atoms with E-state index < -0.39 is 0 Å². The normalized spacial score (nSPS) is 20.6. The van der Waals surface area contributed by atoms with Crippen LogP contribution in [0.1, 0.15) is 26.3 Å². The van der Waals surface area contributed by atoms with Gasteiger partial charge in [0.05, 0.1) is 0 Å². The van der Waals surface area contributed by atoms with Crippen molar-refractivity contribution in [1.29, 1.82) is 0 Å². The van der Waals surface area contributed by atoms with E-state index in [1.54, 1.807) is 0 Å². The highest BCUT2D eigenvalue weighted by Crippen LogP contribution is 2.48. The van der Waals surface area contributed by atoms with Gasteiger partial charge in [0, 0.05) is 29.1 Å². The van der Waals surface area contributed by atoms with Crippen molar-refractivity contribution in [1.82, 2.24) is 0 Å². The molecule has 19 heavy (non-hydrogen) atoms. The Bertz CT molecular complexity index is 639. The Morgan fingerprint density at radius 3 is 2.68 bits per heavy atom. The molecule has 0 N–H and O–H groups in total. The van der Waals surface area contributed by atoms with E-state index in [1.807, 2.05) is 6.08 Å². The Hall–Kier alpha value is -1.76. The van der Waals surface area contributed by atoms with Crippen LogP contribution in [0, 0.1) is 0 Å². The van der Waals surface area contributed by atoms with Crippen molar-refractivity contribution in [2.75, 3.05) is 11.4 Å². The number of benzene rings is 2. The summed E-state index contributed by atoms with van der Waals surface area (Å²) in [5.74, 6) is 0. The lowest BCUT2D eigenvalue weighted by Crippen LogP contribution is -2.38. The Kier molecular flexibility index (Phi) is 2.67. The van der Waals surface area contributed by atoms with E-state index in [2.05, 4.69) is 68.6 Å². The molecule has 0 aliphatic carbocycles. The highest BCUT2D eigenvalue weighted by atomic mass is 15.2. The molecular formula is C18H21N. The third kappa shape index (κ3) is 1.61. The van der Waals surface area contributed by atoms with Crippen LogP contribution in [-0.4, -0.2) is 12.6 Å². The fourth-order valence-electron chi connectivity index (χ4n) is 3.28. The monoisotopic (exact) mass is 251 g/mol. The van der Waals surface area contributed by atoms with E-state index in [-0.39, 0.29) is 5.41 Å². The first-order valence-corrected chi connectivity index (χ1v) is 6.97. The number of anilines is 1. The summed E-state index contributed by atoms with van der Waals surface area (Å²) in [7, 11) is 0. The maximum Gasteiger partial charge on any atom is 0.0490 e. The maximum atomic E-state index is 3.92. The van der Waals surface area contributed by atoms with Gasteiger partial charge in [-0.15, -0.1) is 6.58 Å². The second-order valence-corrected chi connectivity index (χ2v) is 6.02. The molecule has 2 aromatic carbocycles. The molecule has 1 aliphatic rings. The van der Waals surface area contributed by atoms with Gasteiger partial charge in [-0.3, -0.25) is 0 Å². The molecule has 1 heteroatoms. The van der Waals surface area contributed by atoms with Gasteiger partial charge in [0.1, 0.15) is 0 Å². The molecule has 0 aromatic heterocycles. The van der Waals surface area contributed by atoms with Crippen LogP contribution in [0.25, 0.3) is 10.8 Å². The van der Waals surface area contributed by atoms with Crippen molar-refractivity contribution in [3.63, 3.8) is 0 Å². The molecular weight excluding hydrogens is 230 g/mol. The second-order valence-electron chi connectivity index (χ2n) is 6.02. The minimum absolute atomic E-state index is 0.183. The number of nitrogens with zero attached hydrogens (tertiary/aromatic N) is 1.